The fourth-order valence-electron chi connectivity index (χ4n) is 3.95. The van der Waals surface area contributed by atoms with Gasteiger partial charge >= 0.3 is 0 Å². The number of anilines is 3. The highest BCUT2D eigenvalue weighted by atomic mass is 35.5. The molecule has 204 valence electrons. The lowest BCUT2D eigenvalue weighted by Crippen LogP contribution is -2.10. The topological polar surface area (TPSA) is 96.3 Å². The van der Waals surface area contributed by atoms with E-state index in [2.05, 4.69) is 21.7 Å². The van der Waals surface area contributed by atoms with Crippen LogP contribution in [0.25, 0.3) is 10.9 Å². The molecule has 40 heavy (non-hydrogen) atoms. The number of nitrogens with zero attached hydrogens (tertiary/aromatic N) is 2. The number of pyridine rings is 1. The first-order chi connectivity index (χ1) is 19.5. The summed E-state index contributed by atoms with van der Waals surface area (Å²) >= 11 is 12.2. The van der Waals surface area contributed by atoms with Crippen molar-refractivity contribution >= 4 is 57.1 Å². The number of amides is 1. The number of allylic oxidation sites excluding steroid dienone is 1. The van der Waals surface area contributed by atoms with Gasteiger partial charge in [-0.1, -0.05) is 48.0 Å². The lowest BCUT2D eigenvalue weighted by atomic mass is 10.1. The van der Waals surface area contributed by atoms with E-state index in [0.717, 1.165) is 12.0 Å². The Balaban J connectivity index is 1.63. The van der Waals surface area contributed by atoms with Crippen LogP contribution < -0.4 is 20.1 Å². The number of benzene rings is 3. The third-order valence-corrected chi connectivity index (χ3v) is 6.42. The van der Waals surface area contributed by atoms with E-state index >= 15 is 0 Å². The Labute approximate surface area is 243 Å². The number of carbonyl (C=O) groups excluding carboxylic acids is 1. The summed E-state index contributed by atoms with van der Waals surface area (Å²) in [5.41, 5.74) is 3.59. The van der Waals surface area contributed by atoms with Gasteiger partial charge in [-0.05, 0) is 55.7 Å². The summed E-state index contributed by atoms with van der Waals surface area (Å²) in [4.78, 5) is 17.0. The van der Waals surface area contributed by atoms with Crippen LogP contribution in [0.1, 0.15) is 30.9 Å². The number of hydrogen-bond acceptors (Lipinski definition) is 6. The number of hydrogen-bond donors (Lipinski definition) is 2. The Bertz CT molecular complexity index is 1550. The Kier molecular flexibility index (Phi) is 10.2. The monoisotopic (exact) mass is 574 g/mol. The Morgan fingerprint density at radius 2 is 1.93 bits per heavy atom. The Morgan fingerprint density at radius 3 is 2.65 bits per heavy atom. The van der Waals surface area contributed by atoms with E-state index < -0.39 is 0 Å². The molecule has 4 aromatic rings. The molecule has 0 aliphatic heterocycles. The van der Waals surface area contributed by atoms with Crippen molar-refractivity contribution in [2.45, 2.75) is 26.4 Å². The predicted molar refractivity (Wildman–Crippen MR) is 161 cm³/mol. The summed E-state index contributed by atoms with van der Waals surface area (Å²) in [6.07, 6.45) is 6.23. The lowest BCUT2D eigenvalue weighted by Gasteiger charge is -2.16. The van der Waals surface area contributed by atoms with Crippen LogP contribution in [0.2, 0.25) is 5.02 Å². The van der Waals surface area contributed by atoms with Gasteiger partial charge in [-0.25, -0.2) is 0 Å². The fourth-order valence-corrected chi connectivity index (χ4v) is 4.34. The molecule has 0 spiro atoms. The number of ether oxygens (including phenoxy) is 2. The van der Waals surface area contributed by atoms with Crippen LogP contribution in [0.4, 0.5) is 17.1 Å². The van der Waals surface area contributed by atoms with Gasteiger partial charge in [0, 0.05) is 29.2 Å². The lowest BCUT2D eigenvalue weighted by molar-refractivity contribution is -0.111. The van der Waals surface area contributed by atoms with Gasteiger partial charge in [-0.2, -0.15) is 5.26 Å². The SMILES string of the molecule is CCOc1cc2ncc(C#N)c(Nc3ccc(OCc4ccccc4)c(Cl)c3)c2cc1NC(=O)C=CCCCCl. The van der Waals surface area contributed by atoms with Crippen LogP contribution in [0.3, 0.4) is 0 Å². The molecule has 3 aromatic carbocycles. The smallest absolute Gasteiger partial charge is 0.248 e. The van der Waals surface area contributed by atoms with Crippen molar-refractivity contribution in [3.05, 3.63) is 95.2 Å². The van der Waals surface area contributed by atoms with Crippen molar-refractivity contribution in [2.24, 2.45) is 0 Å². The minimum atomic E-state index is -0.299. The van der Waals surface area contributed by atoms with Gasteiger partial charge in [0.25, 0.3) is 0 Å². The average Bonchev–Trinajstić information content (AvgIpc) is 2.96. The minimum Gasteiger partial charge on any atom is -0.492 e. The molecular formula is C31H28Cl2N4O3. The number of alkyl halides is 1. The van der Waals surface area contributed by atoms with Gasteiger partial charge in [0.2, 0.25) is 5.91 Å². The molecule has 0 aliphatic rings. The standard InChI is InChI=1S/C31H28Cl2N4O3/c1-2-39-29-17-26-24(16-27(29)37-30(38)11-7-4-8-14-32)31(22(18-34)19-35-26)36-23-12-13-28(25(33)15-23)40-20-21-9-5-3-6-10-21/h3,5-7,9-13,15-17,19H,2,4,8,14,20H2,1H3,(H,35,36)(H,37,38). The molecule has 0 radical (unpaired) electrons. The van der Waals surface area contributed by atoms with E-state index in [9.17, 15) is 10.1 Å². The Morgan fingerprint density at radius 1 is 1.10 bits per heavy atom. The van der Waals surface area contributed by atoms with E-state index in [-0.39, 0.29) is 5.91 Å². The van der Waals surface area contributed by atoms with Crippen LogP contribution in [0.5, 0.6) is 11.5 Å². The van der Waals surface area contributed by atoms with Crippen LogP contribution in [-0.2, 0) is 11.4 Å². The number of carbonyl (C=O) groups is 1. The first-order valence-electron chi connectivity index (χ1n) is 12.8. The second-order valence-electron chi connectivity index (χ2n) is 8.72. The molecule has 0 saturated heterocycles. The summed E-state index contributed by atoms with van der Waals surface area (Å²) in [6, 6.07) is 20.8. The maximum atomic E-state index is 12.6. The number of fused-ring (bicyclic) bond motifs is 1. The first-order valence-corrected chi connectivity index (χ1v) is 13.7. The zero-order chi connectivity index (χ0) is 28.3. The van der Waals surface area contributed by atoms with E-state index in [4.69, 9.17) is 32.7 Å². The van der Waals surface area contributed by atoms with E-state index in [1.54, 1.807) is 30.3 Å². The normalized spacial score (nSPS) is 10.8. The molecule has 0 unspecified atom stereocenters. The summed E-state index contributed by atoms with van der Waals surface area (Å²) in [7, 11) is 0. The molecule has 1 amide bonds. The van der Waals surface area contributed by atoms with Gasteiger partial charge in [0.05, 0.1) is 34.1 Å². The van der Waals surface area contributed by atoms with Crippen molar-refractivity contribution in [3.63, 3.8) is 0 Å². The quantitative estimate of drug-likeness (QED) is 0.101. The highest BCUT2D eigenvalue weighted by molar-refractivity contribution is 6.32. The molecule has 0 saturated carbocycles. The molecule has 2 N–H and O–H groups in total. The van der Waals surface area contributed by atoms with Gasteiger partial charge in [-0.3, -0.25) is 9.78 Å². The second kappa shape index (κ2) is 14.2. The molecule has 0 atom stereocenters. The summed E-state index contributed by atoms with van der Waals surface area (Å²) in [6.45, 7) is 2.65. The minimum absolute atomic E-state index is 0.299. The molecular weight excluding hydrogens is 547 g/mol. The average molecular weight is 575 g/mol. The van der Waals surface area contributed by atoms with Crippen LogP contribution in [0.15, 0.2) is 79.0 Å². The zero-order valence-corrected chi connectivity index (χ0v) is 23.4. The summed E-state index contributed by atoms with van der Waals surface area (Å²) in [5, 5.41) is 17.1. The van der Waals surface area contributed by atoms with Gasteiger partial charge in [-0.15, -0.1) is 11.6 Å². The number of nitrogens with one attached hydrogen (secondary N) is 2. The van der Waals surface area contributed by atoms with Gasteiger partial charge in [0.15, 0.2) is 0 Å². The van der Waals surface area contributed by atoms with Crippen molar-refractivity contribution in [3.8, 4) is 17.6 Å². The number of aromatic nitrogens is 1. The zero-order valence-electron chi connectivity index (χ0n) is 21.9. The highest BCUT2D eigenvalue weighted by Crippen LogP contribution is 2.37. The van der Waals surface area contributed by atoms with Crippen LogP contribution in [-0.4, -0.2) is 23.4 Å². The summed E-state index contributed by atoms with van der Waals surface area (Å²) < 4.78 is 11.7. The Hall–Kier alpha value is -4.25. The molecule has 1 aromatic heterocycles. The first kappa shape index (κ1) is 28.8. The molecule has 1 heterocycles. The van der Waals surface area contributed by atoms with Gasteiger partial charge in [0.1, 0.15) is 24.2 Å². The van der Waals surface area contributed by atoms with E-state index in [1.807, 2.05) is 43.3 Å². The van der Waals surface area contributed by atoms with Crippen molar-refractivity contribution in [1.82, 2.24) is 4.98 Å². The number of halogens is 2. The molecule has 0 fully saturated rings. The number of rotatable bonds is 12. The second-order valence-corrected chi connectivity index (χ2v) is 9.51. The highest BCUT2D eigenvalue weighted by Gasteiger charge is 2.16. The largest absolute Gasteiger partial charge is 0.492 e. The van der Waals surface area contributed by atoms with Crippen molar-refractivity contribution in [1.29, 1.82) is 5.26 Å². The molecule has 7 nitrogen and oxygen atoms in total. The molecule has 4 rings (SSSR count). The van der Waals surface area contributed by atoms with Crippen molar-refractivity contribution < 1.29 is 14.3 Å². The van der Waals surface area contributed by atoms with Crippen LogP contribution >= 0.6 is 23.2 Å². The molecule has 0 bridgehead atoms. The van der Waals surface area contributed by atoms with E-state index in [1.165, 1.54) is 12.3 Å². The van der Waals surface area contributed by atoms with Gasteiger partial charge < -0.3 is 20.1 Å². The maximum absolute atomic E-state index is 12.6. The fraction of sp³-hybridized carbons (Fsp3) is 0.194. The number of nitriles is 1. The van der Waals surface area contributed by atoms with Crippen molar-refractivity contribution in [2.75, 3.05) is 23.1 Å². The third-order valence-electron chi connectivity index (χ3n) is 5.86. The van der Waals surface area contributed by atoms with E-state index in [0.29, 0.717) is 75.6 Å². The predicted octanol–water partition coefficient (Wildman–Crippen LogP) is 7.99. The number of unbranched alkanes of at least 4 members (excludes halogenated alkanes) is 1. The molecule has 9 heteroatoms. The van der Waals surface area contributed by atoms with Crippen LogP contribution in [0, 0.1) is 11.3 Å². The third kappa shape index (κ3) is 7.44. The molecule has 0 aliphatic carbocycles. The summed E-state index contributed by atoms with van der Waals surface area (Å²) in [5.74, 6) is 1.25. The maximum Gasteiger partial charge on any atom is 0.248 e.